The fourth-order valence-electron chi connectivity index (χ4n) is 4.21. The third kappa shape index (κ3) is 6.00. The first-order chi connectivity index (χ1) is 16.3. The summed E-state index contributed by atoms with van der Waals surface area (Å²) in [6, 6.07) is 11.9. The molecule has 0 spiro atoms. The van der Waals surface area contributed by atoms with E-state index in [4.69, 9.17) is 0 Å². The van der Waals surface area contributed by atoms with E-state index < -0.39 is 16.1 Å². The van der Waals surface area contributed by atoms with E-state index in [2.05, 4.69) is 16.6 Å². The number of carbonyl (C=O) groups excluding carboxylic acids is 1. The average Bonchev–Trinajstić information content (AvgIpc) is 3.25. The fourth-order valence-corrected chi connectivity index (χ4v) is 6.37. The van der Waals surface area contributed by atoms with Crippen LogP contribution in [0, 0.1) is 5.92 Å². The van der Waals surface area contributed by atoms with Crippen molar-refractivity contribution in [2.45, 2.75) is 48.7 Å². The summed E-state index contributed by atoms with van der Waals surface area (Å²) < 4.78 is 31.3. The second-order valence-electron chi connectivity index (χ2n) is 9.00. The van der Waals surface area contributed by atoms with Crippen LogP contribution < -0.4 is 4.72 Å². The highest BCUT2D eigenvalue weighted by molar-refractivity contribution is 7.99. The van der Waals surface area contributed by atoms with Crippen molar-refractivity contribution in [1.29, 1.82) is 0 Å². The second-order valence-corrected chi connectivity index (χ2v) is 11.8. The largest absolute Gasteiger partial charge is 0.341 e. The molecule has 182 valence electrons. The summed E-state index contributed by atoms with van der Waals surface area (Å²) in [6.45, 7) is 3.54. The molecule has 1 N–H and O–H groups in total. The summed E-state index contributed by atoms with van der Waals surface area (Å²) in [5.74, 6) is 1.22. The number of aromatic nitrogens is 2. The van der Waals surface area contributed by atoms with Gasteiger partial charge in [0.15, 0.2) is 5.16 Å². The number of fused-ring (bicyclic) bond motifs is 1. The maximum Gasteiger partial charge on any atom is 0.241 e. The summed E-state index contributed by atoms with van der Waals surface area (Å²) in [5.41, 5.74) is 0. The van der Waals surface area contributed by atoms with Gasteiger partial charge in [-0.3, -0.25) is 4.79 Å². The minimum absolute atomic E-state index is 0.127. The molecule has 7 nitrogen and oxygen atoms in total. The lowest BCUT2D eigenvalue weighted by Gasteiger charge is -2.33. The smallest absolute Gasteiger partial charge is 0.241 e. The molecule has 1 aliphatic rings. The number of nitrogens with zero attached hydrogens (tertiary/aromatic N) is 3. The van der Waals surface area contributed by atoms with Crippen LogP contribution in [0.2, 0.25) is 0 Å². The lowest BCUT2D eigenvalue weighted by atomic mass is 9.98. The van der Waals surface area contributed by atoms with Crippen molar-refractivity contribution in [3.63, 3.8) is 0 Å². The monoisotopic (exact) mass is 500 g/mol. The zero-order chi connectivity index (χ0) is 24.1. The molecule has 9 heteroatoms. The van der Waals surface area contributed by atoms with Crippen LogP contribution in [0.15, 0.2) is 64.9 Å². The molecule has 1 atom stereocenters. The van der Waals surface area contributed by atoms with E-state index >= 15 is 0 Å². The Hall–Kier alpha value is -2.36. The van der Waals surface area contributed by atoms with Crippen LogP contribution in [0.5, 0.6) is 0 Å². The molecular weight excluding hydrogens is 468 g/mol. The van der Waals surface area contributed by atoms with Crippen LogP contribution >= 0.6 is 11.8 Å². The second kappa shape index (κ2) is 10.9. The number of piperidine rings is 1. The quantitative estimate of drug-likeness (QED) is 0.354. The van der Waals surface area contributed by atoms with Crippen LogP contribution in [0.1, 0.15) is 32.6 Å². The number of hydrogen-bond acceptors (Lipinski definition) is 5. The van der Waals surface area contributed by atoms with Gasteiger partial charge in [-0.25, -0.2) is 13.4 Å². The Morgan fingerprint density at radius 1 is 1.18 bits per heavy atom. The van der Waals surface area contributed by atoms with Crippen LogP contribution in [0.3, 0.4) is 0 Å². The Labute approximate surface area is 206 Å². The van der Waals surface area contributed by atoms with E-state index in [9.17, 15) is 13.2 Å². The van der Waals surface area contributed by atoms with Crippen molar-refractivity contribution in [3.8, 4) is 0 Å². The zero-order valence-electron chi connectivity index (χ0n) is 19.7. The van der Waals surface area contributed by atoms with Gasteiger partial charge in [0, 0.05) is 38.3 Å². The summed E-state index contributed by atoms with van der Waals surface area (Å²) in [7, 11) is -1.91. The molecule has 0 saturated carbocycles. The Bertz CT molecular complexity index is 1230. The first-order valence-corrected chi connectivity index (χ1v) is 14.2. The number of nitrogens with one attached hydrogen (secondary N) is 1. The van der Waals surface area contributed by atoms with E-state index in [0.717, 1.165) is 34.5 Å². The molecule has 4 rings (SSSR count). The van der Waals surface area contributed by atoms with Crippen molar-refractivity contribution < 1.29 is 13.2 Å². The summed E-state index contributed by atoms with van der Waals surface area (Å²) in [4.78, 5) is 19.7. The minimum Gasteiger partial charge on any atom is -0.341 e. The first kappa shape index (κ1) is 24.8. The highest BCUT2D eigenvalue weighted by Crippen LogP contribution is 2.22. The fraction of sp³-hybridized carbons (Fsp3) is 0.440. The number of imidazole rings is 1. The molecule has 0 radical (unpaired) electrons. The van der Waals surface area contributed by atoms with Gasteiger partial charge >= 0.3 is 0 Å². The SMILES string of the molecule is CC1CCN(C(=O)[C@H](CCCSc2nccn2C)NS(=O)(=O)c2ccc3ccccc3c2)CC1. The molecular formula is C25H32N4O3S2. The molecule has 2 heterocycles. The summed E-state index contributed by atoms with van der Waals surface area (Å²) in [5, 5.41) is 2.73. The molecule has 0 aliphatic carbocycles. The molecule has 1 amide bonds. The van der Waals surface area contributed by atoms with Crippen molar-refractivity contribution in [2.24, 2.45) is 13.0 Å². The van der Waals surface area contributed by atoms with Crippen LogP contribution in [0.25, 0.3) is 10.8 Å². The summed E-state index contributed by atoms with van der Waals surface area (Å²) in [6.07, 6.45) is 6.68. The molecule has 2 aromatic carbocycles. The van der Waals surface area contributed by atoms with Crippen LogP contribution in [-0.4, -0.2) is 53.7 Å². The van der Waals surface area contributed by atoms with Gasteiger partial charge in [-0.1, -0.05) is 49.0 Å². The molecule has 1 aromatic heterocycles. The normalized spacial score (nSPS) is 16.1. The standard InChI is InChI=1S/C25H32N4O3S2/c1-19-11-14-29(15-12-19)24(30)23(8-5-17-33-25-26-13-16-28(25)2)27-34(31,32)22-10-9-20-6-3-4-7-21(20)18-22/h3-4,6-7,9-10,13,16,18-19,23,27H,5,8,11-12,14-15,17H2,1-2H3/t23-/m0/s1. The van der Waals surface area contributed by atoms with Crippen LogP contribution in [0.4, 0.5) is 0 Å². The number of aryl methyl sites for hydroxylation is 1. The number of benzene rings is 2. The van der Waals surface area contributed by atoms with Crippen LogP contribution in [-0.2, 0) is 21.9 Å². The lowest BCUT2D eigenvalue weighted by molar-refractivity contribution is -0.134. The van der Waals surface area contributed by atoms with Gasteiger partial charge in [0.05, 0.1) is 4.90 Å². The molecule has 0 unspecified atom stereocenters. The van der Waals surface area contributed by atoms with Gasteiger partial charge in [-0.15, -0.1) is 0 Å². The molecule has 1 fully saturated rings. The van der Waals surface area contributed by atoms with Gasteiger partial charge in [-0.2, -0.15) is 4.72 Å². The Morgan fingerprint density at radius 2 is 1.91 bits per heavy atom. The topological polar surface area (TPSA) is 84.3 Å². The number of likely N-dealkylation sites (tertiary alicyclic amines) is 1. The van der Waals surface area contributed by atoms with Gasteiger partial charge < -0.3 is 9.47 Å². The number of sulfonamides is 1. The number of thioether (sulfide) groups is 1. The Balaban J connectivity index is 1.48. The highest BCUT2D eigenvalue weighted by atomic mass is 32.2. The molecule has 1 aliphatic heterocycles. The molecule has 0 bridgehead atoms. The van der Waals surface area contributed by atoms with E-state index in [0.29, 0.717) is 31.8 Å². The number of carbonyl (C=O) groups is 1. The van der Waals surface area contributed by atoms with Gasteiger partial charge in [-0.05, 0) is 54.5 Å². The molecule has 1 saturated heterocycles. The number of hydrogen-bond donors (Lipinski definition) is 1. The van der Waals surface area contributed by atoms with Crippen molar-refractivity contribution >= 4 is 38.5 Å². The summed E-state index contributed by atoms with van der Waals surface area (Å²) >= 11 is 1.61. The number of rotatable bonds is 9. The Kier molecular flexibility index (Phi) is 7.95. The molecule has 34 heavy (non-hydrogen) atoms. The predicted molar refractivity (Wildman–Crippen MR) is 136 cm³/mol. The van der Waals surface area contributed by atoms with E-state index in [-0.39, 0.29) is 10.8 Å². The lowest BCUT2D eigenvalue weighted by Crippen LogP contribution is -2.50. The predicted octanol–water partition coefficient (Wildman–Crippen LogP) is 4.05. The molecule has 3 aromatic rings. The minimum atomic E-state index is -3.85. The van der Waals surface area contributed by atoms with E-state index in [1.807, 2.05) is 47.0 Å². The number of amides is 1. The van der Waals surface area contributed by atoms with Gasteiger partial charge in [0.1, 0.15) is 6.04 Å². The maximum absolute atomic E-state index is 13.4. The van der Waals surface area contributed by atoms with E-state index in [1.54, 1.807) is 36.2 Å². The van der Waals surface area contributed by atoms with Gasteiger partial charge in [0.2, 0.25) is 15.9 Å². The maximum atomic E-state index is 13.4. The zero-order valence-corrected chi connectivity index (χ0v) is 21.3. The third-order valence-corrected chi connectivity index (χ3v) is 8.98. The van der Waals surface area contributed by atoms with Crippen molar-refractivity contribution in [3.05, 3.63) is 54.9 Å². The Morgan fingerprint density at radius 3 is 2.62 bits per heavy atom. The highest BCUT2D eigenvalue weighted by Gasteiger charge is 2.30. The average molecular weight is 501 g/mol. The van der Waals surface area contributed by atoms with Gasteiger partial charge in [0.25, 0.3) is 0 Å². The first-order valence-electron chi connectivity index (χ1n) is 11.7. The third-order valence-electron chi connectivity index (χ3n) is 6.37. The van der Waals surface area contributed by atoms with Crippen molar-refractivity contribution in [1.82, 2.24) is 19.2 Å². The van der Waals surface area contributed by atoms with Crippen molar-refractivity contribution in [2.75, 3.05) is 18.8 Å². The van der Waals surface area contributed by atoms with E-state index in [1.165, 1.54) is 0 Å².